The molecule has 1 aromatic rings. The number of carbonyl (C=O) groups is 2. The van der Waals surface area contributed by atoms with Crippen LogP contribution in [0.1, 0.15) is 24.5 Å². The van der Waals surface area contributed by atoms with Crippen LogP contribution in [0.5, 0.6) is 5.75 Å². The Morgan fingerprint density at radius 3 is 2.68 bits per heavy atom. The van der Waals surface area contributed by atoms with Crippen LogP contribution in [0.25, 0.3) is 0 Å². The number of methoxy groups -OCH3 is 1. The Morgan fingerprint density at radius 1 is 1.37 bits per heavy atom. The molecule has 5 nitrogen and oxygen atoms in total. The van der Waals surface area contributed by atoms with Gasteiger partial charge in [0, 0.05) is 13.3 Å². The molecule has 0 fully saturated rings. The van der Waals surface area contributed by atoms with E-state index >= 15 is 0 Å². The number of ether oxygens (including phenoxy) is 1. The lowest BCUT2D eigenvalue weighted by molar-refractivity contribution is -0.148. The van der Waals surface area contributed by atoms with E-state index in [0.29, 0.717) is 18.6 Å². The highest BCUT2D eigenvalue weighted by Gasteiger charge is 2.42. The monoisotopic (exact) mass is 263 g/mol. The maximum absolute atomic E-state index is 11.5. The SMILES string of the molecule is COc1ccc2c(c1)CC(NC(C)=O)(C(=O)O)CC2. The molecule has 5 heteroatoms. The number of nitrogens with one attached hydrogen (secondary N) is 1. The number of carbonyl (C=O) groups excluding carboxylic acids is 1. The number of amides is 1. The van der Waals surface area contributed by atoms with Gasteiger partial charge in [-0.3, -0.25) is 4.79 Å². The summed E-state index contributed by atoms with van der Waals surface area (Å²) in [5.41, 5.74) is 0.829. The van der Waals surface area contributed by atoms with Gasteiger partial charge in [0.15, 0.2) is 0 Å². The number of aliphatic carboxylic acids is 1. The third-order valence-electron chi connectivity index (χ3n) is 3.55. The molecule has 0 aliphatic heterocycles. The van der Waals surface area contributed by atoms with Crippen molar-refractivity contribution in [3.63, 3.8) is 0 Å². The molecular weight excluding hydrogens is 246 g/mol. The standard InChI is InChI=1S/C14H17NO4/c1-9(16)15-14(13(17)18)6-5-10-3-4-12(19-2)7-11(10)8-14/h3-4,7H,5-6,8H2,1-2H3,(H,15,16)(H,17,18). The Morgan fingerprint density at radius 2 is 2.11 bits per heavy atom. The molecular formula is C14H17NO4. The first-order valence-corrected chi connectivity index (χ1v) is 6.15. The summed E-state index contributed by atoms with van der Waals surface area (Å²) in [6.45, 7) is 1.34. The fourth-order valence-corrected chi connectivity index (χ4v) is 2.58. The lowest BCUT2D eigenvalue weighted by Crippen LogP contribution is -2.57. The highest BCUT2D eigenvalue weighted by molar-refractivity contribution is 5.86. The van der Waals surface area contributed by atoms with Crippen LogP contribution in [-0.2, 0) is 22.4 Å². The summed E-state index contributed by atoms with van der Waals surface area (Å²) in [7, 11) is 1.57. The van der Waals surface area contributed by atoms with E-state index in [1.54, 1.807) is 7.11 Å². The van der Waals surface area contributed by atoms with Crippen LogP contribution in [0, 0.1) is 0 Å². The Hall–Kier alpha value is -2.04. The summed E-state index contributed by atoms with van der Waals surface area (Å²) in [5.74, 6) is -0.618. The maximum Gasteiger partial charge on any atom is 0.329 e. The van der Waals surface area contributed by atoms with E-state index < -0.39 is 11.5 Å². The van der Waals surface area contributed by atoms with Crippen LogP contribution in [0.3, 0.4) is 0 Å². The molecule has 1 atom stereocenters. The predicted octanol–water partition coefficient (Wildman–Crippen LogP) is 1.14. The van der Waals surface area contributed by atoms with Gasteiger partial charge < -0.3 is 15.2 Å². The molecule has 0 spiro atoms. The van der Waals surface area contributed by atoms with Crippen molar-refractivity contribution in [2.24, 2.45) is 0 Å². The number of carboxylic acid groups (broad SMARTS) is 1. The maximum atomic E-state index is 11.5. The van der Waals surface area contributed by atoms with E-state index in [2.05, 4.69) is 5.32 Å². The van der Waals surface area contributed by atoms with Crippen LogP contribution in [-0.4, -0.2) is 29.6 Å². The smallest absolute Gasteiger partial charge is 0.329 e. The largest absolute Gasteiger partial charge is 0.497 e. The van der Waals surface area contributed by atoms with Gasteiger partial charge in [0.05, 0.1) is 7.11 Å². The van der Waals surface area contributed by atoms with Gasteiger partial charge in [-0.2, -0.15) is 0 Å². The summed E-state index contributed by atoms with van der Waals surface area (Å²) in [6, 6.07) is 5.66. The highest BCUT2D eigenvalue weighted by atomic mass is 16.5. The molecule has 0 aromatic heterocycles. The molecule has 1 unspecified atom stereocenters. The number of carboxylic acids is 1. The van der Waals surface area contributed by atoms with E-state index in [9.17, 15) is 14.7 Å². The third kappa shape index (κ3) is 2.54. The number of hydrogen-bond donors (Lipinski definition) is 2. The van der Waals surface area contributed by atoms with Crippen molar-refractivity contribution in [2.45, 2.75) is 31.7 Å². The molecule has 1 amide bonds. The number of aryl methyl sites for hydroxylation is 1. The zero-order valence-electron chi connectivity index (χ0n) is 11.0. The Kier molecular flexibility index (Phi) is 3.46. The first-order chi connectivity index (χ1) is 8.97. The fraction of sp³-hybridized carbons (Fsp3) is 0.429. The molecule has 2 N–H and O–H groups in total. The number of fused-ring (bicyclic) bond motifs is 1. The van der Waals surface area contributed by atoms with Gasteiger partial charge in [-0.1, -0.05) is 6.07 Å². The predicted molar refractivity (Wildman–Crippen MR) is 69.2 cm³/mol. The van der Waals surface area contributed by atoms with E-state index in [0.717, 1.165) is 11.1 Å². The molecule has 1 aliphatic rings. The molecule has 19 heavy (non-hydrogen) atoms. The first-order valence-electron chi connectivity index (χ1n) is 6.15. The van der Waals surface area contributed by atoms with Crippen molar-refractivity contribution < 1.29 is 19.4 Å². The molecule has 0 bridgehead atoms. The number of rotatable bonds is 3. The number of hydrogen-bond acceptors (Lipinski definition) is 3. The van der Waals surface area contributed by atoms with Crippen LogP contribution >= 0.6 is 0 Å². The van der Waals surface area contributed by atoms with Crippen LogP contribution < -0.4 is 10.1 Å². The lowest BCUT2D eigenvalue weighted by atomic mass is 9.77. The topological polar surface area (TPSA) is 75.6 Å². The highest BCUT2D eigenvalue weighted by Crippen LogP contribution is 2.31. The molecule has 0 saturated carbocycles. The second-order valence-corrected chi connectivity index (χ2v) is 4.88. The van der Waals surface area contributed by atoms with Crippen molar-refractivity contribution in [3.8, 4) is 5.75 Å². The third-order valence-corrected chi connectivity index (χ3v) is 3.55. The van der Waals surface area contributed by atoms with Gasteiger partial charge >= 0.3 is 5.97 Å². The number of benzene rings is 1. The Labute approximate surface area is 111 Å². The van der Waals surface area contributed by atoms with Crippen LogP contribution in [0.4, 0.5) is 0 Å². The molecule has 0 saturated heterocycles. The molecule has 1 aromatic carbocycles. The Bertz CT molecular complexity index is 526. The van der Waals surface area contributed by atoms with E-state index in [4.69, 9.17) is 4.74 Å². The average Bonchev–Trinajstić information content (AvgIpc) is 2.36. The first kappa shape index (κ1) is 13.4. The van der Waals surface area contributed by atoms with E-state index in [1.807, 2.05) is 18.2 Å². The second-order valence-electron chi connectivity index (χ2n) is 4.88. The second kappa shape index (κ2) is 4.91. The van der Waals surface area contributed by atoms with Gasteiger partial charge in [-0.15, -0.1) is 0 Å². The minimum absolute atomic E-state index is 0.286. The average molecular weight is 263 g/mol. The van der Waals surface area contributed by atoms with Gasteiger partial charge in [0.2, 0.25) is 5.91 Å². The van der Waals surface area contributed by atoms with Crippen molar-refractivity contribution in [1.82, 2.24) is 5.32 Å². The van der Waals surface area contributed by atoms with Gasteiger partial charge in [0.1, 0.15) is 11.3 Å². The normalized spacial score (nSPS) is 21.4. The van der Waals surface area contributed by atoms with E-state index in [1.165, 1.54) is 6.92 Å². The molecule has 1 aliphatic carbocycles. The van der Waals surface area contributed by atoms with Crippen molar-refractivity contribution in [2.75, 3.05) is 7.11 Å². The van der Waals surface area contributed by atoms with E-state index in [-0.39, 0.29) is 12.3 Å². The zero-order valence-corrected chi connectivity index (χ0v) is 11.0. The lowest BCUT2D eigenvalue weighted by Gasteiger charge is -2.35. The molecule has 0 radical (unpaired) electrons. The summed E-state index contributed by atoms with van der Waals surface area (Å²) in [5, 5.41) is 12.0. The zero-order chi connectivity index (χ0) is 14.0. The molecule has 102 valence electrons. The minimum atomic E-state index is -1.20. The quantitative estimate of drug-likeness (QED) is 0.857. The van der Waals surface area contributed by atoms with Crippen molar-refractivity contribution in [3.05, 3.63) is 29.3 Å². The Balaban J connectivity index is 2.36. The van der Waals surface area contributed by atoms with Gasteiger partial charge in [-0.05, 0) is 36.1 Å². The summed E-state index contributed by atoms with van der Waals surface area (Å²) in [4.78, 5) is 22.8. The fourth-order valence-electron chi connectivity index (χ4n) is 2.58. The molecule has 2 rings (SSSR count). The summed E-state index contributed by atoms with van der Waals surface area (Å²) in [6.07, 6.45) is 1.32. The van der Waals surface area contributed by atoms with Crippen molar-refractivity contribution in [1.29, 1.82) is 0 Å². The minimum Gasteiger partial charge on any atom is -0.497 e. The summed E-state index contributed by atoms with van der Waals surface area (Å²) < 4.78 is 5.16. The molecule has 0 heterocycles. The van der Waals surface area contributed by atoms with Crippen LogP contribution in [0.15, 0.2) is 18.2 Å². The van der Waals surface area contributed by atoms with Gasteiger partial charge in [0.25, 0.3) is 0 Å². The van der Waals surface area contributed by atoms with Crippen LogP contribution in [0.2, 0.25) is 0 Å². The summed E-state index contributed by atoms with van der Waals surface area (Å²) >= 11 is 0. The van der Waals surface area contributed by atoms with Gasteiger partial charge in [-0.25, -0.2) is 4.79 Å². The van der Waals surface area contributed by atoms with Crippen molar-refractivity contribution >= 4 is 11.9 Å².